The Hall–Kier alpha value is -2.18. The Morgan fingerprint density at radius 2 is 2.09 bits per heavy atom. The number of esters is 1. The molecule has 0 fully saturated rings. The first-order valence-electron chi connectivity index (χ1n) is 6.81. The second-order valence-electron chi connectivity index (χ2n) is 5.22. The molecule has 2 heterocycles. The summed E-state index contributed by atoms with van der Waals surface area (Å²) in [5, 5.41) is 0.805. The molecule has 5 nitrogen and oxygen atoms in total. The maximum atomic E-state index is 12.5. The van der Waals surface area contributed by atoms with Crippen LogP contribution in [0.5, 0.6) is 5.75 Å². The highest BCUT2D eigenvalue weighted by atomic mass is 35.5. The predicted molar refractivity (Wildman–Crippen MR) is 90.7 cm³/mol. The van der Waals surface area contributed by atoms with Crippen LogP contribution in [0, 0.1) is 13.8 Å². The number of hydrogen-bond donors (Lipinski definition) is 0. The van der Waals surface area contributed by atoms with E-state index >= 15 is 0 Å². The molecule has 0 amide bonds. The Balaban J connectivity index is 2.05. The summed E-state index contributed by atoms with van der Waals surface area (Å²) in [4.78, 5) is 29.7. The number of rotatable bonds is 2. The van der Waals surface area contributed by atoms with Gasteiger partial charge in [-0.1, -0.05) is 17.7 Å². The van der Waals surface area contributed by atoms with E-state index in [1.807, 2.05) is 13.0 Å². The van der Waals surface area contributed by atoms with Gasteiger partial charge in [-0.05, 0) is 37.1 Å². The van der Waals surface area contributed by atoms with Gasteiger partial charge in [0.2, 0.25) is 0 Å². The van der Waals surface area contributed by atoms with Crippen LogP contribution >= 0.6 is 22.9 Å². The van der Waals surface area contributed by atoms with E-state index in [0.29, 0.717) is 31.4 Å². The summed E-state index contributed by atoms with van der Waals surface area (Å²) in [6, 6.07) is 5.20. The van der Waals surface area contributed by atoms with Gasteiger partial charge < -0.3 is 9.30 Å². The summed E-state index contributed by atoms with van der Waals surface area (Å²) < 4.78 is 6.78. The maximum absolute atomic E-state index is 12.5. The molecule has 0 aliphatic heterocycles. The number of benzene rings is 1. The molecule has 23 heavy (non-hydrogen) atoms. The minimum atomic E-state index is -0.542. The molecule has 0 radical (unpaired) electrons. The molecule has 118 valence electrons. The van der Waals surface area contributed by atoms with Gasteiger partial charge in [-0.25, -0.2) is 9.78 Å². The lowest BCUT2D eigenvalue weighted by molar-refractivity contribution is 0.0739. The average molecular weight is 349 g/mol. The lowest BCUT2D eigenvalue weighted by Crippen LogP contribution is -2.17. The zero-order valence-corrected chi connectivity index (χ0v) is 14.3. The first-order chi connectivity index (χ1) is 10.9. The van der Waals surface area contributed by atoms with Crippen LogP contribution in [0.25, 0.3) is 10.2 Å². The van der Waals surface area contributed by atoms with Gasteiger partial charge in [0.25, 0.3) is 5.56 Å². The monoisotopic (exact) mass is 348 g/mol. The third-order valence-corrected chi connectivity index (χ3v) is 4.98. The van der Waals surface area contributed by atoms with Crippen molar-refractivity contribution in [1.82, 2.24) is 9.55 Å². The van der Waals surface area contributed by atoms with E-state index in [4.69, 9.17) is 16.3 Å². The van der Waals surface area contributed by atoms with Crippen molar-refractivity contribution in [1.29, 1.82) is 0 Å². The zero-order valence-electron chi connectivity index (χ0n) is 12.7. The first-order valence-corrected chi connectivity index (χ1v) is 8.01. The molecule has 0 saturated carbocycles. The smallest absolute Gasteiger partial charge is 0.354 e. The predicted octanol–water partition coefficient (Wildman–Crippen LogP) is 3.48. The van der Waals surface area contributed by atoms with Gasteiger partial charge in [-0.2, -0.15) is 0 Å². The maximum Gasteiger partial charge on any atom is 0.354 e. The van der Waals surface area contributed by atoms with Crippen molar-refractivity contribution in [3.8, 4) is 5.75 Å². The van der Waals surface area contributed by atoms with Gasteiger partial charge in [-0.3, -0.25) is 4.79 Å². The van der Waals surface area contributed by atoms with Gasteiger partial charge in [0.05, 0.1) is 16.7 Å². The van der Waals surface area contributed by atoms with Gasteiger partial charge in [-0.15, -0.1) is 11.3 Å². The molecule has 0 unspecified atom stereocenters. The van der Waals surface area contributed by atoms with Crippen LogP contribution in [0.3, 0.4) is 0 Å². The SMILES string of the molecule is Cc1ccc(Cl)c(OC(=O)c2sc3ncn(C)c(=O)c3c2C)c1. The lowest BCUT2D eigenvalue weighted by atomic mass is 10.2. The van der Waals surface area contributed by atoms with Crippen LogP contribution in [0.15, 0.2) is 29.3 Å². The molecule has 0 atom stereocenters. The number of halogens is 1. The minimum Gasteiger partial charge on any atom is -0.421 e. The molecule has 0 bridgehead atoms. The van der Waals surface area contributed by atoms with E-state index < -0.39 is 5.97 Å². The van der Waals surface area contributed by atoms with Crippen molar-refractivity contribution in [2.75, 3.05) is 0 Å². The van der Waals surface area contributed by atoms with Crippen molar-refractivity contribution in [3.63, 3.8) is 0 Å². The van der Waals surface area contributed by atoms with Gasteiger partial charge in [0.1, 0.15) is 15.5 Å². The number of thiophene rings is 1. The van der Waals surface area contributed by atoms with E-state index in [1.54, 1.807) is 26.1 Å². The van der Waals surface area contributed by atoms with Gasteiger partial charge >= 0.3 is 5.97 Å². The third kappa shape index (κ3) is 2.75. The molecular formula is C16H13ClN2O3S. The number of carbonyl (C=O) groups excluding carboxylic acids is 1. The molecule has 0 saturated heterocycles. The lowest BCUT2D eigenvalue weighted by Gasteiger charge is -2.06. The molecule has 7 heteroatoms. The molecular weight excluding hydrogens is 336 g/mol. The van der Waals surface area contributed by atoms with Crippen LogP contribution in [0.1, 0.15) is 20.8 Å². The van der Waals surface area contributed by atoms with E-state index in [1.165, 1.54) is 10.9 Å². The molecule has 0 spiro atoms. The summed E-state index contributed by atoms with van der Waals surface area (Å²) in [7, 11) is 1.62. The number of nitrogens with zero attached hydrogens (tertiary/aromatic N) is 2. The molecule has 0 aliphatic carbocycles. The van der Waals surface area contributed by atoms with Crippen LogP contribution < -0.4 is 10.3 Å². The van der Waals surface area contributed by atoms with Gasteiger partial charge in [0.15, 0.2) is 0 Å². The van der Waals surface area contributed by atoms with Crippen LogP contribution in [0.4, 0.5) is 0 Å². The highest BCUT2D eigenvalue weighted by Gasteiger charge is 2.21. The van der Waals surface area contributed by atoms with Crippen LogP contribution in [-0.4, -0.2) is 15.5 Å². The standard InChI is InChI=1S/C16H13ClN2O3S/c1-8-4-5-10(17)11(6-8)22-16(21)13-9(2)12-14(23-13)18-7-19(3)15(12)20/h4-7H,1-3H3. The first kappa shape index (κ1) is 15.7. The zero-order chi connectivity index (χ0) is 16.7. The van der Waals surface area contributed by atoms with Gasteiger partial charge in [0, 0.05) is 7.05 Å². The van der Waals surface area contributed by atoms with Crippen LogP contribution in [-0.2, 0) is 7.05 Å². The quantitative estimate of drug-likeness (QED) is 0.525. The molecule has 2 aromatic heterocycles. The Kier molecular flexibility index (Phi) is 3.95. The molecule has 1 aromatic carbocycles. The third-order valence-electron chi connectivity index (χ3n) is 3.49. The normalized spacial score (nSPS) is 11.0. The largest absolute Gasteiger partial charge is 0.421 e. The van der Waals surface area contributed by atoms with E-state index in [2.05, 4.69) is 4.98 Å². The summed E-state index contributed by atoms with van der Waals surface area (Å²) >= 11 is 7.19. The Morgan fingerprint density at radius 1 is 1.35 bits per heavy atom. The number of aromatic nitrogens is 2. The highest BCUT2D eigenvalue weighted by molar-refractivity contribution is 7.20. The van der Waals surface area contributed by atoms with Crippen molar-refractivity contribution in [2.24, 2.45) is 7.05 Å². The van der Waals surface area contributed by atoms with E-state index in [9.17, 15) is 9.59 Å². The highest BCUT2D eigenvalue weighted by Crippen LogP contribution is 2.30. The number of fused-ring (bicyclic) bond motifs is 1. The topological polar surface area (TPSA) is 61.2 Å². The van der Waals surface area contributed by atoms with Crippen molar-refractivity contribution < 1.29 is 9.53 Å². The summed E-state index contributed by atoms with van der Waals surface area (Å²) in [6.07, 6.45) is 1.44. The second kappa shape index (κ2) is 5.79. The fourth-order valence-electron chi connectivity index (χ4n) is 2.24. The fraction of sp³-hybridized carbons (Fsp3) is 0.188. The van der Waals surface area contributed by atoms with Crippen molar-refractivity contribution in [3.05, 3.63) is 55.9 Å². The molecule has 0 aliphatic rings. The van der Waals surface area contributed by atoms with Crippen molar-refractivity contribution >= 4 is 39.1 Å². The van der Waals surface area contributed by atoms with Crippen LogP contribution in [0.2, 0.25) is 5.02 Å². The summed E-state index contributed by atoms with van der Waals surface area (Å²) in [5.41, 5.74) is 1.32. The molecule has 0 N–H and O–H groups in total. The number of hydrogen-bond acceptors (Lipinski definition) is 5. The van der Waals surface area contributed by atoms with E-state index in [-0.39, 0.29) is 5.56 Å². The summed E-state index contributed by atoms with van der Waals surface area (Å²) in [6.45, 7) is 3.60. The number of aryl methyl sites for hydroxylation is 3. The Bertz CT molecular complexity index is 991. The minimum absolute atomic E-state index is 0.184. The summed E-state index contributed by atoms with van der Waals surface area (Å²) in [5.74, 6) is -0.241. The Morgan fingerprint density at radius 3 is 2.83 bits per heavy atom. The number of ether oxygens (including phenoxy) is 1. The molecule has 3 aromatic rings. The number of carbonyl (C=O) groups is 1. The fourth-order valence-corrected chi connectivity index (χ4v) is 3.41. The molecule has 3 rings (SSSR count). The second-order valence-corrected chi connectivity index (χ2v) is 6.63. The Labute approximate surface area is 141 Å². The average Bonchev–Trinajstić information content (AvgIpc) is 2.84. The van der Waals surface area contributed by atoms with Crippen molar-refractivity contribution in [2.45, 2.75) is 13.8 Å². The van der Waals surface area contributed by atoms with E-state index in [0.717, 1.165) is 16.9 Å².